The molecule has 1 N–H and O–H groups in total. The molecule has 3 nitrogen and oxygen atoms in total. The van der Waals surface area contributed by atoms with Crippen molar-refractivity contribution in [2.75, 3.05) is 5.75 Å². The zero-order chi connectivity index (χ0) is 11.3. The van der Waals surface area contributed by atoms with Crippen molar-refractivity contribution in [2.45, 2.75) is 19.1 Å². The van der Waals surface area contributed by atoms with Gasteiger partial charge >= 0.3 is 5.97 Å². The second-order valence-electron chi connectivity index (χ2n) is 3.25. The van der Waals surface area contributed by atoms with Crippen molar-refractivity contribution in [1.82, 2.24) is 0 Å². The van der Waals surface area contributed by atoms with Crippen LogP contribution in [-0.4, -0.2) is 21.0 Å². The van der Waals surface area contributed by atoms with E-state index in [-0.39, 0.29) is 5.56 Å². The Kier molecular flexibility index (Phi) is 4.49. The molecule has 0 bridgehead atoms. The first-order chi connectivity index (χ1) is 7.15. The fraction of sp³-hybridized carbons (Fsp3) is 0.364. The fourth-order valence-electron chi connectivity index (χ4n) is 1.33. The number of benzene rings is 1. The molecule has 82 valence electrons. The molecule has 0 amide bonds. The summed E-state index contributed by atoms with van der Waals surface area (Å²) in [7, 11) is -0.961. The normalized spacial score (nSPS) is 12.3. The molecule has 0 spiro atoms. The van der Waals surface area contributed by atoms with Crippen LogP contribution < -0.4 is 0 Å². The standard InChI is InChI=1S/C11H14O3S/c1-2-7-15(14)8-9-5-3-4-6-10(9)11(12)13/h3-6H,2,7-8H2,1H3,(H,12,13). The Morgan fingerprint density at radius 1 is 1.40 bits per heavy atom. The van der Waals surface area contributed by atoms with Crippen molar-refractivity contribution in [3.05, 3.63) is 35.4 Å². The molecule has 0 heterocycles. The summed E-state index contributed by atoms with van der Waals surface area (Å²) in [5.41, 5.74) is 0.902. The predicted molar refractivity (Wildman–Crippen MR) is 60.4 cm³/mol. The van der Waals surface area contributed by atoms with E-state index in [1.54, 1.807) is 24.3 Å². The van der Waals surface area contributed by atoms with Gasteiger partial charge in [0, 0.05) is 22.3 Å². The van der Waals surface area contributed by atoms with Crippen LogP contribution in [0.25, 0.3) is 0 Å². The largest absolute Gasteiger partial charge is 0.478 e. The smallest absolute Gasteiger partial charge is 0.335 e. The van der Waals surface area contributed by atoms with Gasteiger partial charge in [0.25, 0.3) is 0 Å². The van der Waals surface area contributed by atoms with Gasteiger partial charge in [-0.05, 0) is 18.1 Å². The van der Waals surface area contributed by atoms with Crippen molar-refractivity contribution >= 4 is 16.8 Å². The van der Waals surface area contributed by atoms with Gasteiger partial charge in [-0.25, -0.2) is 4.79 Å². The Labute approximate surface area is 91.6 Å². The number of aromatic carboxylic acids is 1. The van der Waals surface area contributed by atoms with Crippen LogP contribution in [0.15, 0.2) is 24.3 Å². The summed E-state index contributed by atoms with van der Waals surface area (Å²) in [6.07, 6.45) is 0.849. The van der Waals surface area contributed by atoms with E-state index in [1.807, 2.05) is 6.92 Å². The summed E-state index contributed by atoms with van der Waals surface area (Å²) in [6, 6.07) is 6.71. The quantitative estimate of drug-likeness (QED) is 0.836. The Morgan fingerprint density at radius 2 is 2.07 bits per heavy atom. The highest BCUT2D eigenvalue weighted by atomic mass is 32.2. The molecule has 0 fully saturated rings. The van der Waals surface area contributed by atoms with Gasteiger partial charge in [-0.3, -0.25) is 4.21 Å². The first kappa shape index (κ1) is 11.9. The van der Waals surface area contributed by atoms with E-state index in [9.17, 15) is 9.00 Å². The Bertz CT molecular complexity index is 374. The van der Waals surface area contributed by atoms with Crippen molar-refractivity contribution in [1.29, 1.82) is 0 Å². The lowest BCUT2D eigenvalue weighted by molar-refractivity contribution is 0.0696. The molecule has 0 aliphatic rings. The number of carboxylic acid groups (broad SMARTS) is 1. The molecule has 0 aromatic heterocycles. The molecule has 0 aliphatic heterocycles. The summed E-state index contributed by atoms with van der Waals surface area (Å²) >= 11 is 0. The van der Waals surface area contributed by atoms with Crippen LogP contribution in [0.2, 0.25) is 0 Å². The van der Waals surface area contributed by atoms with Gasteiger partial charge in [0.05, 0.1) is 5.56 Å². The Hall–Kier alpha value is -1.16. The first-order valence-electron chi connectivity index (χ1n) is 4.81. The molecule has 4 heteroatoms. The van der Waals surface area contributed by atoms with Gasteiger partial charge in [0.15, 0.2) is 0 Å². The number of carboxylic acids is 1. The fourth-order valence-corrected chi connectivity index (χ4v) is 2.53. The topological polar surface area (TPSA) is 54.4 Å². The van der Waals surface area contributed by atoms with E-state index in [1.165, 1.54) is 0 Å². The molecule has 0 aliphatic carbocycles. The number of hydrogen-bond donors (Lipinski definition) is 1. The lowest BCUT2D eigenvalue weighted by Gasteiger charge is -2.04. The minimum absolute atomic E-state index is 0.252. The summed E-state index contributed by atoms with van der Waals surface area (Å²) < 4.78 is 11.5. The van der Waals surface area contributed by atoms with Crippen molar-refractivity contribution in [3.63, 3.8) is 0 Å². The third kappa shape index (κ3) is 3.47. The predicted octanol–water partition coefficient (Wildman–Crippen LogP) is 2.04. The van der Waals surface area contributed by atoms with Gasteiger partial charge in [-0.15, -0.1) is 0 Å². The van der Waals surface area contributed by atoms with Crippen LogP contribution in [-0.2, 0) is 16.6 Å². The lowest BCUT2D eigenvalue weighted by atomic mass is 10.1. The average Bonchev–Trinajstić information content (AvgIpc) is 2.18. The van der Waals surface area contributed by atoms with Gasteiger partial charge in [-0.1, -0.05) is 25.1 Å². The highest BCUT2D eigenvalue weighted by Gasteiger charge is 2.10. The van der Waals surface area contributed by atoms with Crippen molar-refractivity contribution < 1.29 is 14.1 Å². The van der Waals surface area contributed by atoms with Crippen LogP contribution in [0.3, 0.4) is 0 Å². The average molecular weight is 226 g/mol. The summed E-state index contributed by atoms with van der Waals surface area (Å²) in [5.74, 6) is -0.0105. The van der Waals surface area contributed by atoms with E-state index < -0.39 is 16.8 Å². The van der Waals surface area contributed by atoms with Crippen LogP contribution in [0.4, 0.5) is 0 Å². The van der Waals surface area contributed by atoms with Gasteiger partial charge in [0.2, 0.25) is 0 Å². The van der Waals surface area contributed by atoms with Crippen molar-refractivity contribution in [3.8, 4) is 0 Å². The highest BCUT2D eigenvalue weighted by molar-refractivity contribution is 7.84. The van der Waals surface area contributed by atoms with Gasteiger partial charge < -0.3 is 5.11 Å². The van der Waals surface area contributed by atoms with E-state index in [4.69, 9.17) is 5.11 Å². The van der Waals surface area contributed by atoms with Gasteiger partial charge in [-0.2, -0.15) is 0 Å². The molecule has 1 aromatic carbocycles. The molecular weight excluding hydrogens is 212 g/mol. The molecule has 0 saturated heterocycles. The first-order valence-corrected chi connectivity index (χ1v) is 6.30. The Balaban J connectivity index is 2.84. The number of hydrogen-bond acceptors (Lipinski definition) is 2. The molecule has 15 heavy (non-hydrogen) atoms. The molecular formula is C11H14O3S. The van der Waals surface area contributed by atoms with E-state index in [0.29, 0.717) is 17.1 Å². The second kappa shape index (κ2) is 5.66. The zero-order valence-electron chi connectivity index (χ0n) is 8.60. The molecule has 1 atom stereocenters. The molecule has 0 saturated carbocycles. The number of carbonyl (C=O) groups is 1. The van der Waals surface area contributed by atoms with E-state index in [2.05, 4.69) is 0 Å². The lowest BCUT2D eigenvalue weighted by Crippen LogP contribution is -2.06. The molecule has 0 radical (unpaired) electrons. The van der Waals surface area contributed by atoms with Gasteiger partial charge in [0.1, 0.15) is 0 Å². The highest BCUT2D eigenvalue weighted by Crippen LogP contribution is 2.11. The summed E-state index contributed by atoms with van der Waals surface area (Å²) in [5, 5.41) is 8.91. The zero-order valence-corrected chi connectivity index (χ0v) is 9.42. The van der Waals surface area contributed by atoms with E-state index in [0.717, 1.165) is 6.42 Å². The summed E-state index contributed by atoms with van der Waals surface area (Å²) in [4.78, 5) is 10.9. The maximum atomic E-state index is 11.5. The molecule has 1 rings (SSSR count). The van der Waals surface area contributed by atoms with Crippen LogP contribution in [0, 0.1) is 0 Å². The third-order valence-corrected chi connectivity index (χ3v) is 3.49. The van der Waals surface area contributed by atoms with Crippen LogP contribution in [0.1, 0.15) is 29.3 Å². The van der Waals surface area contributed by atoms with Crippen LogP contribution >= 0.6 is 0 Å². The third-order valence-electron chi connectivity index (χ3n) is 2.00. The maximum absolute atomic E-state index is 11.5. The van der Waals surface area contributed by atoms with Crippen molar-refractivity contribution in [2.24, 2.45) is 0 Å². The second-order valence-corrected chi connectivity index (χ2v) is 4.83. The number of rotatable bonds is 5. The Morgan fingerprint density at radius 3 is 2.67 bits per heavy atom. The SMILES string of the molecule is CCCS(=O)Cc1ccccc1C(=O)O. The summed E-state index contributed by atoms with van der Waals surface area (Å²) in [6.45, 7) is 1.96. The van der Waals surface area contributed by atoms with Crippen LogP contribution in [0.5, 0.6) is 0 Å². The van der Waals surface area contributed by atoms with E-state index >= 15 is 0 Å². The minimum Gasteiger partial charge on any atom is -0.478 e. The minimum atomic E-state index is -0.961. The maximum Gasteiger partial charge on any atom is 0.335 e. The molecule has 1 aromatic rings. The monoisotopic (exact) mass is 226 g/mol. The molecule has 1 unspecified atom stereocenters.